The Morgan fingerprint density at radius 1 is 0.581 bits per heavy atom. The maximum absolute atomic E-state index is 12.9. The van der Waals surface area contributed by atoms with Gasteiger partial charge in [-0.15, -0.1) is 0 Å². The zero-order valence-electron chi connectivity index (χ0n) is 18.1. The van der Waals surface area contributed by atoms with Crippen LogP contribution in [0.25, 0.3) is 0 Å². The lowest BCUT2D eigenvalue weighted by atomic mass is 10.1. The monoisotopic (exact) mass is 458 g/mol. The molecule has 0 amide bonds. The summed E-state index contributed by atoms with van der Waals surface area (Å²) in [4.78, 5) is 0.269. The number of sulfonamides is 2. The van der Waals surface area contributed by atoms with Crippen molar-refractivity contribution in [1.82, 2.24) is 0 Å². The molecular weight excluding hydrogens is 432 g/mol. The molecule has 0 fully saturated rings. The number of nitrogens with one attached hydrogen (secondary N) is 2. The second-order valence-electron chi connectivity index (χ2n) is 7.78. The molecule has 0 spiro atoms. The van der Waals surface area contributed by atoms with Crippen LogP contribution in [0.3, 0.4) is 0 Å². The lowest BCUT2D eigenvalue weighted by Gasteiger charge is -2.15. The molecule has 0 aliphatic heterocycles. The van der Waals surface area contributed by atoms with Crippen molar-refractivity contribution in [3.63, 3.8) is 0 Å². The average molecular weight is 459 g/mol. The summed E-state index contributed by atoms with van der Waals surface area (Å²) < 4.78 is 56.4. The standard InChI is InChI=1S/C23H26N2O4S2/c1-15-6-7-17(3)22(14-15)25-30(26,27)21-10-8-20(9-11-21)24-31(28,29)23-18(4)12-16(2)13-19(23)5/h6-14,24-25H,1-5H3. The molecular formula is C23H26N2O4S2. The molecule has 164 valence electrons. The Hall–Kier alpha value is -2.84. The van der Waals surface area contributed by atoms with E-state index in [0.29, 0.717) is 16.8 Å². The van der Waals surface area contributed by atoms with Gasteiger partial charge in [-0.1, -0.05) is 29.8 Å². The smallest absolute Gasteiger partial charge is 0.262 e. The van der Waals surface area contributed by atoms with Crippen molar-refractivity contribution in [2.45, 2.75) is 44.4 Å². The summed E-state index contributed by atoms with van der Waals surface area (Å²) in [5, 5.41) is 0. The highest BCUT2D eigenvalue weighted by Gasteiger charge is 2.21. The van der Waals surface area contributed by atoms with Crippen molar-refractivity contribution in [3.8, 4) is 0 Å². The molecule has 0 unspecified atom stereocenters. The van der Waals surface area contributed by atoms with Gasteiger partial charge in [0, 0.05) is 5.69 Å². The van der Waals surface area contributed by atoms with E-state index in [1.165, 1.54) is 24.3 Å². The van der Waals surface area contributed by atoms with Gasteiger partial charge in [0.05, 0.1) is 15.5 Å². The first kappa shape index (κ1) is 22.8. The first-order chi connectivity index (χ1) is 14.4. The predicted octanol–water partition coefficient (Wildman–Crippen LogP) is 4.83. The van der Waals surface area contributed by atoms with Crippen molar-refractivity contribution < 1.29 is 16.8 Å². The third-order valence-electron chi connectivity index (χ3n) is 4.93. The van der Waals surface area contributed by atoms with Crippen LogP contribution in [-0.4, -0.2) is 16.8 Å². The summed E-state index contributed by atoms with van der Waals surface area (Å²) in [7, 11) is -7.62. The molecule has 0 atom stereocenters. The Morgan fingerprint density at radius 2 is 1.16 bits per heavy atom. The van der Waals surface area contributed by atoms with Gasteiger partial charge in [-0.3, -0.25) is 9.44 Å². The summed E-state index contributed by atoms with van der Waals surface area (Å²) in [5.41, 5.74) is 4.83. The molecule has 31 heavy (non-hydrogen) atoms. The second-order valence-corrected chi connectivity index (χ2v) is 11.1. The van der Waals surface area contributed by atoms with Crippen LogP contribution in [0.1, 0.15) is 27.8 Å². The maximum Gasteiger partial charge on any atom is 0.262 e. The third kappa shape index (κ3) is 5.08. The fraction of sp³-hybridized carbons (Fsp3) is 0.217. The first-order valence-electron chi connectivity index (χ1n) is 9.70. The Kier molecular flexibility index (Phi) is 6.16. The molecule has 0 aliphatic carbocycles. The second kappa shape index (κ2) is 8.36. The lowest BCUT2D eigenvalue weighted by Crippen LogP contribution is -2.16. The number of hydrogen-bond donors (Lipinski definition) is 2. The minimum absolute atomic E-state index is 0.0408. The van der Waals surface area contributed by atoms with Gasteiger partial charge in [0.25, 0.3) is 20.0 Å². The van der Waals surface area contributed by atoms with Crippen molar-refractivity contribution in [1.29, 1.82) is 0 Å². The predicted molar refractivity (Wildman–Crippen MR) is 125 cm³/mol. The highest BCUT2D eigenvalue weighted by molar-refractivity contribution is 7.93. The zero-order valence-corrected chi connectivity index (χ0v) is 19.8. The first-order valence-corrected chi connectivity index (χ1v) is 12.7. The summed E-state index contributed by atoms with van der Waals surface area (Å²) in [6.45, 7) is 9.13. The SMILES string of the molecule is Cc1cc(C)c(S(=O)(=O)Nc2ccc(S(=O)(=O)Nc3cc(C)ccc3C)cc2)c(C)c1. The Balaban J connectivity index is 1.85. The maximum atomic E-state index is 12.9. The number of hydrogen-bond acceptors (Lipinski definition) is 4. The fourth-order valence-electron chi connectivity index (χ4n) is 3.55. The molecule has 3 aromatic carbocycles. The minimum atomic E-state index is -3.81. The topological polar surface area (TPSA) is 92.3 Å². The van der Waals surface area contributed by atoms with Gasteiger partial charge in [0.2, 0.25) is 0 Å². The van der Waals surface area contributed by atoms with Gasteiger partial charge in [-0.2, -0.15) is 0 Å². The number of benzene rings is 3. The molecule has 0 aliphatic rings. The van der Waals surface area contributed by atoms with Gasteiger partial charge < -0.3 is 0 Å². The summed E-state index contributed by atoms with van der Waals surface area (Å²) in [6.07, 6.45) is 0. The van der Waals surface area contributed by atoms with Crippen molar-refractivity contribution in [2.24, 2.45) is 0 Å². The number of anilines is 2. The molecule has 6 nitrogen and oxygen atoms in total. The third-order valence-corrected chi connectivity index (χ3v) is 7.99. The van der Waals surface area contributed by atoms with Gasteiger partial charge in [0.1, 0.15) is 0 Å². The van der Waals surface area contributed by atoms with Gasteiger partial charge in [-0.05, 0) is 87.2 Å². The zero-order chi connectivity index (χ0) is 23.0. The molecule has 3 aromatic rings. The summed E-state index contributed by atoms with van der Waals surface area (Å²) >= 11 is 0. The Labute approximate surface area is 184 Å². The fourth-order valence-corrected chi connectivity index (χ4v) is 6.18. The molecule has 0 heterocycles. The van der Waals surface area contributed by atoms with E-state index in [-0.39, 0.29) is 15.5 Å². The highest BCUT2D eigenvalue weighted by Crippen LogP contribution is 2.26. The molecule has 0 bridgehead atoms. The molecule has 0 saturated carbocycles. The average Bonchev–Trinajstić information content (AvgIpc) is 2.63. The van der Waals surface area contributed by atoms with Crippen LogP contribution in [0.5, 0.6) is 0 Å². The van der Waals surface area contributed by atoms with E-state index in [4.69, 9.17) is 0 Å². The van der Waals surface area contributed by atoms with Gasteiger partial charge in [-0.25, -0.2) is 16.8 Å². The molecule has 2 N–H and O–H groups in total. The number of rotatable bonds is 6. The summed E-state index contributed by atoms with van der Waals surface area (Å²) in [6, 6.07) is 14.8. The van der Waals surface area contributed by atoms with Crippen molar-refractivity contribution in [3.05, 3.63) is 82.4 Å². The lowest BCUT2D eigenvalue weighted by molar-refractivity contribution is 0.599. The van der Waals surface area contributed by atoms with E-state index in [0.717, 1.165) is 16.7 Å². The van der Waals surface area contributed by atoms with Crippen LogP contribution < -0.4 is 9.44 Å². The van der Waals surface area contributed by atoms with Crippen LogP contribution in [0.2, 0.25) is 0 Å². The molecule has 0 aromatic heterocycles. The van der Waals surface area contributed by atoms with E-state index in [2.05, 4.69) is 9.44 Å². The molecule has 8 heteroatoms. The largest absolute Gasteiger partial charge is 0.280 e. The van der Waals surface area contributed by atoms with E-state index in [1.54, 1.807) is 19.9 Å². The number of aryl methyl sites for hydroxylation is 5. The van der Waals surface area contributed by atoms with Crippen LogP contribution in [0.4, 0.5) is 11.4 Å². The van der Waals surface area contributed by atoms with E-state index >= 15 is 0 Å². The van der Waals surface area contributed by atoms with Crippen molar-refractivity contribution >= 4 is 31.4 Å². The highest BCUT2D eigenvalue weighted by atomic mass is 32.2. The van der Waals surface area contributed by atoms with Gasteiger partial charge in [0.15, 0.2) is 0 Å². The Bertz CT molecular complexity index is 1320. The van der Waals surface area contributed by atoms with Crippen LogP contribution in [0.15, 0.2) is 64.4 Å². The van der Waals surface area contributed by atoms with Gasteiger partial charge >= 0.3 is 0 Å². The van der Waals surface area contributed by atoms with Crippen LogP contribution in [0, 0.1) is 34.6 Å². The van der Waals surface area contributed by atoms with E-state index in [9.17, 15) is 16.8 Å². The minimum Gasteiger partial charge on any atom is -0.280 e. The molecule has 0 saturated heterocycles. The quantitative estimate of drug-likeness (QED) is 0.553. The van der Waals surface area contributed by atoms with Crippen LogP contribution in [-0.2, 0) is 20.0 Å². The van der Waals surface area contributed by atoms with E-state index < -0.39 is 20.0 Å². The molecule has 3 rings (SSSR count). The van der Waals surface area contributed by atoms with Crippen LogP contribution >= 0.6 is 0 Å². The Morgan fingerprint density at radius 3 is 1.74 bits per heavy atom. The van der Waals surface area contributed by atoms with Crippen molar-refractivity contribution in [2.75, 3.05) is 9.44 Å². The van der Waals surface area contributed by atoms with E-state index in [1.807, 2.05) is 45.0 Å². The summed E-state index contributed by atoms with van der Waals surface area (Å²) in [5.74, 6) is 0. The normalized spacial score (nSPS) is 11.9. The molecule has 0 radical (unpaired) electrons.